The van der Waals surface area contributed by atoms with Crippen LogP contribution in [-0.4, -0.2) is 52.0 Å². The molecule has 1 aliphatic rings. The molecule has 0 spiro atoms. The second-order valence-electron chi connectivity index (χ2n) is 6.44. The van der Waals surface area contributed by atoms with E-state index in [1.54, 1.807) is 12.1 Å². The fourth-order valence-corrected chi connectivity index (χ4v) is 4.33. The predicted octanol–water partition coefficient (Wildman–Crippen LogP) is 2.27. The highest BCUT2D eigenvalue weighted by molar-refractivity contribution is 7.16. The average molecular weight is 378 g/mol. The molecule has 1 aromatic heterocycles. The molecule has 1 amide bonds. The number of aromatic nitrogens is 1. The Kier molecular flexibility index (Phi) is 5.19. The summed E-state index contributed by atoms with van der Waals surface area (Å²) in [7, 11) is 0. The zero-order valence-electron chi connectivity index (χ0n) is 14.2. The molecule has 1 saturated heterocycles. The molecule has 5 nitrogen and oxygen atoms in total. The lowest BCUT2D eigenvalue weighted by atomic mass is 10.1. The van der Waals surface area contributed by atoms with E-state index in [1.807, 2.05) is 17.9 Å². The van der Waals surface area contributed by atoms with Gasteiger partial charge in [-0.05, 0) is 32.0 Å². The maximum atomic E-state index is 12.8. The minimum atomic E-state index is -0.141. The highest BCUT2D eigenvalue weighted by Crippen LogP contribution is 2.22. The highest BCUT2D eigenvalue weighted by Gasteiger charge is 2.31. The van der Waals surface area contributed by atoms with Crippen molar-refractivity contribution >= 4 is 39.1 Å². The zero-order valence-corrected chi connectivity index (χ0v) is 15.8. The minimum Gasteiger partial charge on any atom is -0.336 e. The molecule has 2 atom stereocenters. The highest BCUT2D eigenvalue weighted by atomic mass is 35.5. The van der Waals surface area contributed by atoms with Crippen LogP contribution in [0.5, 0.6) is 0 Å². The first-order valence-corrected chi connectivity index (χ1v) is 9.36. The van der Waals surface area contributed by atoms with Crippen LogP contribution in [0.3, 0.4) is 0 Å². The van der Waals surface area contributed by atoms with Gasteiger partial charge in [0, 0.05) is 30.2 Å². The molecule has 0 radical (unpaired) electrons. The molecule has 0 saturated carbocycles. The third-order valence-corrected chi connectivity index (χ3v) is 5.85. The summed E-state index contributed by atoms with van der Waals surface area (Å²) in [6.07, 6.45) is 5.41. The summed E-state index contributed by atoms with van der Waals surface area (Å²) in [5, 5.41) is 0.552. The molecule has 1 aliphatic heterocycles. The van der Waals surface area contributed by atoms with E-state index >= 15 is 0 Å². The Morgan fingerprint density at radius 1 is 1.36 bits per heavy atom. The van der Waals surface area contributed by atoms with Crippen molar-refractivity contribution in [2.24, 2.45) is 0 Å². The fourth-order valence-electron chi connectivity index (χ4n) is 3.29. The predicted molar refractivity (Wildman–Crippen MR) is 102 cm³/mol. The van der Waals surface area contributed by atoms with Gasteiger partial charge in [-0.3, -0.25) is 19.1 Å². The third kappa shape index (κ3) is 3.59. The lowest BCUT2D eigenvalue weighted by molar-refractivity contribution is -0.137. The van der Waals surface area contributed by atoms with Crippen molar-refractivity contribution in [1.82, 2.24) is 14.4 Å². The van der Waals surface area contributed by atoms with E-state index in [0.717, 1.165) is 22.6 Å². The number of fused-ring (bicyclic) bond motifs is 1. The Labute approximate surface area is 155 Å². The van der Waals surface area contributed by atoms with E-state index in [-0.39, 0.29) is 29.4 Å². The molecule has 2 heterocycles. The van der Waals surface area contributed by atoms with Gasteiger partial charge in [0.05, 0.1) is 16.8 Å². The maximum Gasteiger partial charge on any atom is 0.308 e. The molecule has 25 heavy (non-hydrogen) atoms. The van der Waals surface area contributed by atoms with Gasteiger partial charge >= 0.3 is 4.87 Å². The summed E-state index contributed by atoms with van der Waals surface area (Å²) in [5.74, 6) is 2.61. The first kappa shape index (κ1) is 18.0. The summed E-state index contributed by atoms with van der Waals surface area (Å²) in [5.41, 5.74) is 0.711. The van der Waals surface area contributed by atoms with Gasteiger partial charge in [-0.1, -0.05) is 28.9 Å². The number of thiazole rings is 1. The largest absolute Gasteiger partial charge is 0.336 e. The summed E-state index contributed by atoms with van der Waals surface area (Å²) in [6.45, 7) is 6.04. The van der Waals surface area contributed by atoms with Gasteiger partial charge < -0.3 is 4.90 Å². The van der Waals surface area contributed by atoms with E-state index in [2.05, 4.69) is 17.7 Å². The van der Waals surface area contributed by atoms with Gasteiger partial charge in [-0.25, -0.2) is 0 Å². The van der Waals surface area contributed by atoms with Gasteiger partial charge in [0.1, 0.15) is 6.54 Å². The number of hydrogen-bond donors (Lipinski definition) is 0. The van der Waals surface area contributed by atoms with Crippen LogP contribution < -0.4 is 4.87 Å². The molecular formula is C18H20ClN3O2S. The molecular weight excluding hydrogens is 358 g/mol. The van der Waals surface area contributed by atoms with Gasteiger partial charge in [0.15, 0.2) is 0 Å². The standard InChI is InChI=1S/C18H20ClN3O2S/c1-4-7-20-9-13(3)21(10-12(20)2)17(23)11-22-15-8-14(19)5-6-16(15)25-18(22)24/h1,5-6,8,12-13H,7,9-11H2,2-3H3. The third-order valence-electron chi connectivity index (χ3n) is 4.65. The molecule has 1 aromatic carbocycles. The number of carbonyl (C=O) groups is 1. The van der Waals surface area contributed by atoms with Crippen molar-refractivity contribution in [3.05, 3.63) is 32.9 Å². The molecule has 1 fully saturated rings. The van der Waals surface area contributed by atoms with E-state index in [1.165, 1.54) is 4.57 Å². The number of halogens is 1. The summed E-state index contributed by atoms with van der Waals surface area (Å²) >= 11 is 7.18. The van der Waals surface area contributed by atoms with E-state index in [9.17, 15) is 9.59 Å². The van der Waals surface area contributed by atoms with Crippen LogP contribution in [0.2, 0.25) is 5.02 Å². The van der Waals surface area contributed by atoms with Crippen LogP contribution in [0.4, 0.5) is 0 Å². The van der Waals surface area contributed by atoms with Crippen molar-refractivity contribution < 1.29 is 4.79 Å². The topological polar surface area (TPSA) is 45.5 Å². The van der Waals surface area contributed by atoms with Crippen LogP contribution in [-0.2, 0) is 11.3 Å². The monoisotopic (exact) mass is 377 g/mol. The molecule has 2 unspecified atom stereocenters. The molecule has 0 bridgehead atoms. The van der Waals surface area contributed by atoms with Crippen molar-refractivity contribution in [3.63, 3.8) is 0 Å². The first-order valence-electron chi connectivity index (χ1n) is 8.16. The number of benzene rings is 1. The lowest BCUT2D eigenvalue weighted by Gasteiger charge is -2.43. The summed E-state index contributed by atoms with van der Waals surface area (Å²) in [6, 6.07) is 5.55. The number of hydrogen-bond acceptors (Lipinski definition) is 4. The van der Waals surface area contributed by atoms with Crippen molar-refractivity contribution in [2.45, 2.75) is 32.5 Å². The van der Waals surface area contributed by atoms with Crippen LogP contribution >= 0.6 is 22.9 Å². The Balaban J connectivity index is 1.81. The minimum absolute atomic E-state index is 0.0331. The van der Waals surface area contributed by atoms with Gasteiger partial charge in [0.2, 0.25) is 5.91 Å². The van der Waals surface area contributed by atoms with Crippen molar-refractivity contribution in [2.75, 3.05) is 19.6 Å². The van der Waals surface area contributed by atoms with E-state index in [0.29, 0.717) is 23.6 Å². The number of nitrogens with zero attached hydrogens (tertiary/aromatic N) is 3. The van der Waals surface area contributed by atoms with Gasteiger partial charge in [-0.2, -0.15) is 0 Å². The lowest BCUT2D eigenvalue weighted by Crippen LogP contribution is -2.58. The second kappa shape index (κ2) is 7.20. The Morgan fingerprint density at radius 3 is 2.84 bits per heavy atom. The zero-order chi connectivity index (χ0) is 18.1. The number of terminal acetylenes is 1. The SMILES string of the molecule is C#CCN1CC(C)N(C(=O)Cn2c(=O)sc3ccc(Cl)cc32)CC1C. The quantitative estimate of drug-likeness (QED) is 0.771. The Hall–Kier alpha value is -1.81. The smallest absolute Gasteiger partial charge is 0.308 e. The van der Waals surface area contributed by atoms with Crippen LogP contribution in [0.1, 0.15) is 13.8 Å². The Bertz CT molecular complexity index is 898. The number of piperazine rings is 1. The molecule has 0 aliphatic carbocycles. The maximum absolute atomic E-state index is 12.8. The van der Waals surface area contributed by atoms with Crippen LogP contribution in [0, 0.1) is 12.3 Å². The van der Waals surface area contributed by atoms with Gasteiger partial charge in [-0.15, -0.1) is 6.42 Å². The Morgan fingerprint density at radius 2 is 2.12 bits per heavy atom. The molecule has 0 N–H and O–H groups in total. The van der Waals surface area contributed by atoms with E-state index < -0.39 is 0 Å². The molecule has 7 heteroatoms. The molecule has 2 aromatic rings. The number of amides is 1. The second-order valence-corrected chi connectivity index (χ2v) is 7.87. The normalized spacial score (nSPS) is 21.4. The number of rotatable bonds is 3. The fraction of sp³-hybridized carbons (Fsp3) is 0.444. The van der Waals surface area contributed by atoms with Crippen LogP contribution in [0.15, 0.2) is 23.0 Å². The summed E-state index contributed by atoms with van der Waals surface area (Å²) < 4.78 is 2.35. The van der Waals surface area contributed by atoms with Crippen LogP contribution in [0.25, 0.3) is 10.2 Å². The number of carbonyl (C=O) groups excluding carboxylic acids is 1. The average Bonchev–Trinajstić information content (AvgIpc) is 2.86. The van der Waals surface area contributed by atoms with Crippen molar-refractivity contribution in [3.8, 4) is 12.3 Å². The summed E-state index contributed by atoms with van der Waals surface area (Å²) in [4.78, 5) is 29.0. The van der Waals surface area contributed by atoms with E-state index in [4.69, 9.17) is 18.0 Å². The first-order chi connectivity index (χ1) is 11.9. The van der Waals surface area contributed by atoms with Gasteiger partial charge in [0.25, 0.3) is 0 Å². The molecule has 3 rings (SSSR count). The molecule has 132 valence electrons. The van der Waals surface area contributed by atoms with Crippen molar-refractivity contribution in [1.29, 1.82) is 0 Å².